The molecular weight excluding hydrogens is 567 g/mol. The van der Waals surface area contributed by atoms with Gasteiger partial charge in [-0.3, -0.25) is 18.9 Å². The number of aliphatic hydroxyl groups is 1. The number of phosphoric acid groups is 1. The van der Waals surface area contributed by atoms with Gasteiger partial charge in [0.1, 0.15) is 6.10 Å². The van der Waals surface area contributed by atoms with Crippen LogP contribution in [0.4, 0.5) is 0 Å². The number of nitrogens with one attached hydrogen (secondary N) is 2. The Bertz CT molecular complexity index is 804. The number of carbonyl (C=O) groups excluding carboxylic acids is 3. The molecule has 0 spiro atoms. The first kappa shape index (κ1) is 39.8. The van der Waals surface area contributed by atoms with Crippen LogP contribution in [0, 0.1) is 5.41 Å². The molecule has 0 aliphatic rings. The molecule has 0 heterocycles. The van der Waals surface area contributed by atoms with Gasteiger partial charge in [0.2, 0.25) is 11.8 Å². The quantitative estimate of drug-likeness (QED) is 0.0483. The standard InChI is InChI=1S/C29H55N2O8PS/c1-4-5-6-7-8-9-10-11-12-13-14-15-16-17-18-19-26(33)41-23-22-30-25(32)20-21-31-28(35)27(34)29(2,3)24-39-40(36,37)38/h11-12,27,34H,4-10,13-24H2,1-3H3,(H,30,32)(H,31,35)(H2,36,37,38)/b12-11-/t27-/m0/s1. The molecule has 0 radical (unpaired) electrons. The monoisotopic (exact) mass is 622 g/mol. The van der Waals surface area contributed by atoms with Crippen LogP contribution in [0.15, 0.2) is 12.2 Å². The molecule has 0 rings (SSSR count). The summed E-state index contributed by atoms with van der Waals surface area (Å²) >= 11 is 1.21. The smallest absolute Gasteiger partial charge is 0.383 e. The first-order valence-corrected chi connectivity index (χ1v) is 17.6. The number of phosphoric ester groups is 1. The molecule has 0 aromatic rings. The Labute approximate surface area is 251 Å². The largest absolute Gasteiger partial charge is 0.469 e. The van der Waals surface area contributed by atoms with Gasteiger partial charge in [0.05, 0.1) is 6.61 Å². The van der Waals surface area contributed by atoms with Crippen LogP contribution in [0.5, 0.6) is 0 Å². The van der Waals surface area contributed by atoms with Crippen molar-refractivity contribution in [3.05, 3.63) is 12.2 Å². The number of unbranched alkanes of at least 4 members (excludes halogenated alkanes) is 11. The fourth-order valence-electron chi connectivity index (χ4n) is 3.94. The molecule has 2 amide bonds. The maximum atomic E-state index is 12.1. The molecule has 0 aromatic carbocycles. The average molecular weight is 623 g/mol. The average Bonchev–Trinajstić information content (AvgIpc) is 2.91. The van der Waals surface area contributed by atoms with Gasteiger partial charge in [-0.1, -0.05) is 96.1 Å². The van der Waals surface area contributed by atoms with E-state index in [0.717, 1.165) is 25.7 Å². The molecule has 41 heavy (non-hydrogen) atoms. The lowest BCUT2D eigenvalue weighted by atomic mass is 9.87. The van der Waals surface area contributed by atoms with Crippen molar-refractivity contribution in [3.63, 3.8) is 0 Å². The van der Waals surface area contributed by atoms with Gasteiger partial charge >= 0.3 is 7.82 Å². The summed E-state index contributed by atoms with van der Waals surface area (Å²) in [6, 6.07) is 0. The van der Waals surface area contributed by atoms with Gasteiger partial charge in [-0.2, -0.15) is 0 Å². The number of amides is 2. The summed E-state index contributed by atoms with van der Waals surface area (Å²) in [5, 5.41) is 15.4. The Morgan fingerprint density at radius 3 is 2.00 bits per heavy atom. The summed E-state index contributed by atoms with van der Waals surface area (Å²) in [5.74, 6) is -0.586. The van der Waals surface area contributed by atoms with E-state index in [9.17, 15) is 24.1 Å². The molecule has 0 aliphatic carbocycles. The molecule has 240 valence electrons. The molecule has 0 unspecified atom stereocenters. The molecule has 0 saturated carbocycles. The van der Waals surface area contributed by atoms with Crippen molar-refractivity contribution in [1.82, 2.24) is 10.6 Å². The Morgan fingerprint density at radius 1 is 0.854 bits per heavy atom. The molecule has 12 heteroatoms. The third-order valence-corrected chi connectivity index (χ3v) is 7.97. The predicted octanol–water partition coefficient (Wildman–Crippen LogP) is 5.40. The summed E-state index contributed by atoms with van der Waals surface area (Å²) in [5.41, 5.74) is -1.25. The van der Waals surface area contributed by atoms with E-state index in [1.165, 1.54) is 83.4 Å². The topological polar surface area (TPSA) is 162 Å². The highest BCUT2D eigenvalue weighted by Gasteiger charge is 2.35. The van der Waals surface area contributed by atoms with E-state index in [2.05, 4.69) is 34.2 Å². The SMILES string of the molecule is CCCCCCCC/C=C\CCCCCCCC(=O)SCCNC(=O)CCNC(=O)[C@H](O)C(C)(C)COP(=O)(O)O. The zero-order valence-corrected chi connectivity index (χ0v) is 27.1. The molecule has 1 atom stereocenters. The van der Waals surface area contributed by atoms with Crippen molar-refractivity contribution >= 4 is 36.5 Å². The lowest BCUT2D eigenvalue weighted by molar-refractivity contribution is -0.137. The van der Waals surface area contributed by atoms with Crippen LogP contribution in [0.1, 0.15) is 117 Å². The van der Waals surface area contributed by atoms with Gasteiger partial charge in [0, 0.05) is 37.1 Å². The summed E-state index contributed by atoms with van der Waals surface area (Å²) in [6.45, 7) is 4.89. The van der Waals surface area contributed by atoms with E-state index in [1.807, 2.05) is 0 Å². The summed E-state index contributed by atoms with van der Waals surface area (Å²) in [6.07, 6.45) is 19.4. The number of hydrogen-bond acceptors (Lipinski definition) is 7. The maximum Gasteiger partial charge on any atom is 0.469 e. The van der Waals surface area contributed by atoms with Crippen LogP contribution in [-0.4, -0.2) is 63.4 Å². The first-order chi connectivity index (χ1) is 19.4. The van der Waals surface area contributed by atoms with Crippen molar-refractivity contribution in [2.24, 2.45) is 5.41 Å². The van der Waals surface area contributed by atoms with Gasteiger partial charge in [-0.25, -0.2) is 4.57 Å². The maximum absolute atomic E-state index is 12.1. The predicted molar refractivity (Wildman–Crippen MR) is 165 cm³/mol. The third-order valence-electron chi connectivity index (χ3n) is 6.57. The summed E-state index contributed by atoms with van der Waals surface area (Å²) in [4.78, 5) is 53.6. The second kappa shape index (κ2) is 24.2. The minimum absolute atomic E-state index is 0.00853. The van der Waals surface area contributed by atoms with Crippen molar-refractivity contribution in [1.29, 1.82) is 0 Å². The minimum atomic E-state index is -4.73. The van der Waals surface area contributed by atoms with Gasteiger partial charge in [0.25, 0.3) is 0 Å². The van der Waals surface area contributed by atoms with Crippen LogP contribution >= 0.6 is 19.6 Å². The summed E-state index contributed by atoms with van der Waals surface area (Å²) in [7, 11) is -4.73. The fraction of sp³-hybridized carbons (Fsp3) is 0.828. The second-order valence-electron chi connectivity index (χ2n) is 11.1. The molecule has 0 aromatic heterocycles. The highest BCUT2D eigenvalue weighted by molar-refractivity contribution is 8.13. The molecule has 5 N–H and O–H groups in total. The van der Waals surface area contributed by atoms with Gasteiger partial charge in [-0.05, 0) is 32.1 Å². The van der Waals surface area contributed by atoms with Gasteiger partial charge in [0.15, 0.2) is 5.12 Å². The molecule has 10 nitrogen and oxygen atoms in total. The fourth-order valence-corrected chi connectivity index (χ4v) is 5.16. The third kappa shape index (κ3) is 25.0. The lowest BCUT2D eigenvalue weighted by Crippen LogP contribution is -2.46. The van der Waals surface area contributed by atoms with Crippen LogP contribution in [0.3, 0.4) is 0 Å². The number of hydrogen-bond donors (Lipinski definition) is 5. The first-order valence-electron chi connectivity index (χ1n) is 15.1. The number of allylic oxidation sites excluding steroid dienone is 2. The molecular formula is C29H55N2O8PS. The van der Waals surface area contributed by atoms with Crippen LogP contribution in [0.2, 0.25) is 0 Å². The van der Waals surface area contributed by atoms with E-state index >= 15 is 0 Å². The normalized spacial score (nSPS) is 12.9. The molecule has 0 fully saturated rings. The molecule has 0 bridgehead atoms. The van der Waals surface area contributed by atoms with Crippen LogP contribution in [-0.2, 0) is 23.5 Å². The van der Waals surface area contributed by atoms with E-state index in [-0.39, 0.29) is 24.0 Å². The van der Waals surface area contributed by atoms with Crippen molar-refractivity contribution < 1.29 is 38.4 Å². The van der Waals surface area contributed by atoms with E-state index in [1.54, 1.807) is 0 Å². The Kier molecular flexibility index (Phi) is 23.5. The van der Waals surface area contributed by atoms with Crippen LogP contribution in [0.25, 0.3) is 0 Å². The van der Waals surface area contributed by atoms with Gasteiger partial charge < -0.3 is 25.5 Å². The Balaban J connectivity index is 3.70. The number of thioether (sulfide) groups is 1. The van der Waals surface area contributed by atoms with Crippen LogP contribution < -0.4 is 10.6 Å². The van der Waals surface area contributed by atoms with E-state index in [4.69, 9.17) is 9.79 Å². The zero-order chi connectivity index (χ0) is 31.0. The minimum Gasteiger partial charge on any atom is -0.383 e. The van der Waals surface area contributed by atoms with E-state index in [0.29, 0.717) is 18.7 Å². The van der Waals surface area contributed by atoms with Crippen molar-refractivity contribution in [2.75, 3.05) is 25.4 Å². The summed E-state index contributed by atoms with van der Waals surface area (Å²) < 4.78 is 15.2. The van der Waals surface area contributed by atoms with Crippen molar-refractivity contribution in [3.8, 4) is 0 Å². The number of carbonyl (C=O) groups is 3. The highest BCUT2D eigenvalue weighted by Crippen LogP contribution is 2.38. The number of rotatable bonds is 26. The second-order valence-corrected chi connectivity index (χ2v) is 13.5. The number of aliphatic hydroxyl groups excluding tert-OH is 1. The van der Waals surface area contributed by atoms with E-state index < -0.39 is 31.9 Å². The molecule has 0 saturated heterocycles. The lowest BCUT2D eigenvalue weighted by Gasteiger charge is -2.29. The van der Waals surface area contributed by atoms with Crippen molar-refractivity contribution in [2.45, 2.75) is 123 Å². The highest BCUT2D eigenvalue weighted by atomic mass is 32.2. The Hall–Kier alpha value is -1.23. The van der Waals surface area contributed by atoms with Gasteiger partial charge in [-0.15, -0.1) is 0 Å². The molecule has 0 aliphatic heterocycles. The zero-order valence-electron chi connectivity index (χ0n) is 25.4. The Morgan fingerprint density at radius 2 is 1.41 bits per heavy atom.